The van der Waals surface area contributed by atoms with Crippen molar-refractivity contribution in [2.45, 2.75) is 25.8 Å². The maximum Gasteiger partial charge on any atom is 0.264 e. The molecular weight excluding hydrogens is 334 g/mol. The maximum atomic E-state index is 12.6. The molecule has 1 atom stereocenters. The molecule has 1 unspecified atom stereocenters. The Kier molecular flexibility index (Phi) is 5.05. The first-order valence-corrected chi connectivity index (χ1v) is 10.5. The van der Waals surface area contributed by atoms with Crippen LogP contribution in [0.4, 0.5) is 0 Å². The summed E-state index contributed by atoms with van der Waals surface area (Å²) in [6.45, 7) is 4.41. The van der Waals surface area contributed by atoms with Crippen LogP contribution < -0.4 is 5.32 Å². The number of sulfonamides is 1. The van der Waals surface area contributed by atoms with E-state index in [2.05, 4.69) is 5.32 Å². The average Bonchev–Trinajstić information content (AvgIpc) is 3.25. The fourth-order valence-corrected chi connectivity index (χ4v) is 5.26. The molecule has 0 radical (unpaired) electrons. The summed E-state index contributed by atoms with van der Waals surface area (Å²) in [6.07, 6.45) is 2.31. The van der Waals surface area contributed by atoms with Gasteiger partial charge in [-0.25, -0.2) is 8.42 Å². The van der Waals surface area contributed by atoms with Crippen LogP contribution in [0.3, 0.4) is 0 Å². The lowest BCUT2D eigenvalue weighted by atomic mass is 10.2. The lowest BCUT2D eigenvalue weighted by Gasteiger charge is -2.33. The lowest BCUT2D eigenvalue weighted by molar-refractivity contribution is 0.0703. The summed E-state index contributed by atoms with van der Waals surface area (Å²) in [4.78, 5) is 16.3. The molecule has 0 saturated carbocycles. The second-order valence-electron chi connectivity index (χ2n) is 5.94. The van der Waals surface area contributed by atoms with Crippen LogP contribution in [0.1, 0.15) is 40.4 Å². The average molecular weight is 358 g/mol. The molecule has 0 spiro atoms. The van der Waals surface area contributed by atoms with Crippen molar-refractivity contribution < 1.29 is 13.2 Å². The number of nitrogens with zero attached hydrogens (tertiary/aromatic N) is 2. The van der Waals surface area contributed by atoms with Crippen molar-refractivity contribution in [3.05, 3.63) is 21.9 Å². The van der Waals surface area contributed by atoms with Crippen molar-refractivity contribution in [3.8, 4) is 0 Å². The molecule has 2 aliphatic rings. The van der Waals surface area contributed by atoms with Crippen LogP contribution in [-0.4, -0.2) is 62.0 Å². The van der Waals surface area contributed by atoms with Gasteiger partial charge in [0.2, 0.25) is 10.0 Å². The molecule has 0 bridgehead atoms. The second kappa shape index (κ2) is 6.88. The fourth-order valence-electron chi connectivity index (χ4n) is 3.09. The van der Waals surface area contributed by atoms with E-state index >= 15 is 0 Å². The summed E-state index contributed by atoms with van der Waals surface area (Å²) in [6, 6.07) is 4.32. The van der Waals surface area contributed by atoms with Gasteiger partial charge in [-0.15, -0.1) is 11.3 Å². The summed E-state index contributed by atoms with van der Waals surface area (Å²) in [7, 11) is -3.15. The fraction of sp³-hybridized carbons (Fsp3) is 0.667. The van der Waals surface area contributed by atoms with Gasteiger partial charge >= 0.3 is 0 Å². The van der Waals surface area contributed by atoms with E-state index in [0.717, 1.165) is 17.8 Å². The largest absolute Gasteiger partial charge is 0.335 e. The van der Waals surface area contributed by atoms with Crippen molar-refractivity contribution >= 4 is 27.3 Å². The minimum absolute atomic E-state index is 0.0211. The summed E-state index contributed by atoms with van der Waals surface area (Å²) in [5.41, 5.74) is 0. The number of piperazine rings is 1. The molecule has 8 heteroatoms. The standard InChI is InChI=1S/C15H23N3O3S2/c1-2-23(20,21)18-10-8-17(9-11-18)15(19)14-6-5-13(22-14)12-4-3-7-16-12/h5-6,12,16H,2-4,7-11H2,1H3. The number of hydrogen-bond acceptors (Lipinski definition) is 5. The third-order valence-corrected chi connectivity index (χ3v) is 7.59. The van der Waals surface area contributed by atoms with Crippen molar-refractivity contribution in [1.82, 2.24) is 14.5 Å². The summed E-state index contributed by atoms with van der Waals surface area (Å²) >= 11 is 1.56. The van der Waals surface area contributed by atoms with Gasteiger partial charge in [0.25, 0.3) is 5.91 Å². The molecule has 2 fully saturated rings. The molecule has 23 heavy (non-hydrogen) atoms. The third-order valence-electron chi connectivity index (χ3n) is 4.53. The minimum atomic E-state index is -3.15. The van der Waals surface area contributed by atoms with E-state index in [4.69, 9.17) is 0 Å². The molecule has 3 heterocycles. The zero-order valence-corrected chi connectivity index (χ0v) is 15.0. The van der Waals surface area contributed by atoms with Crippen LogP contribution in [0, 0.1) is 0 Å². The number of hydrogen-bond donors (Lipinski definition) is 1. The van der Waals surface area contributed by atoms with Crippen LogP contribution in [0.25, 0.3) is 0 Å². The van der Waals surface area contributed by atoms with Gasteiger partial charge in [-0.1, -0.05) is 0 Å². The molecule has 128 valence electrons. The highest BCUT2D eigenvalue weighted by molar-refractivity contribution is 7.89. The van der Waals surface area contributed by atoms with E-state index in [1.807, 2.05) is 12.1 Å². The third kappa shape index (κ3) is 3.60. The molecule has 2 aliphatic heterocycles. The van der Waals surface area contributed by atoms with Crippen LogP contribution in [0.15, 0.2) is 12.1 Å². The summed E-state index contributed by atoms with van der Waals surface area (Å²) in [5, 5.41) is 3.45. The van der Waals surface area contributed by atoms with Gasteiger partial charge in [0.15, 0.2) is 0 Å². The van der Waals surface area contributed by atoms with Gasteiger partial charge in [-0.2, -0.15) is 4.31 Å². The Morgan fingerprint density at radius 3 is 2.65 bits per heavy atom. The van der Waals surface area contributed by atoms with Crippen LogP contribution >= 0.6 is 11.3 Å². The topological polar surface area (TPSA) is 69.7 Å². The van der Waals surface area contributed by atoms with Crippen LogP contribution in [0.2, 0.25) is 0 Å². The van der Waals surface area contributed by atoms with Gasteiger partial charge < -0.3 is 10.2 Å². The molecule has 1 amide bonds. The first-order valence-electron chi connectivity index (χ1n) is 8.11. The predicted octanol–water partition coefficient (Wildman–Crippen LogP) is 1.28. The Morgan fingerprint density at radius 2 is 2.04 bits per heavy atom. The number of thiophene rings is 1. The molecule has 1 aromatic heterocycles. The molecule has 1 aromatic rings. The van der Waals surface area contributed by atoms with Crippen LogP contribution in [0.5, 0.6) is 0 Å². The highest BCUT2D eigenvalue weighted by Crippen LogP contribution is 2.30. The van der Waals surface area contributed by atoms with Crippen molar-refractivity contribution in [2.75, 3.05) is 38.5 Å². The number of carbonyl (C=O) groups excluding carboxylic acids is 1. The first kappa shape index (κ1) is 16.9. The Labute approximate surface area is 141 Å². The number of nitrogens with one attached hydrogen (secondary N) is 1. The molecule has 0 aromatic carbocycles. The van der Waals surface area contributed by atoms with Crippen molar-refractivity contribution in [2.24, 2.45) is 0 Å². The van der Waals surface area contributed by atoms with Gasteiger partial charge in [-0.3, -0.25) is 4.79 Å². The van der Waals surface area contributed by atoms with Gasteiger partial charge in [0.05, 0.1) is 10.6 Å². The zero-order valence-electron chi connectivity index (χ0n) is 13.3. The highest BCUT2D eigenvalue weighted by atomic mass is 32.2. The number of amides is 1. The SMILES string of the molecule is CCS(=O)(=O)N1CCN(C(=O)c2ccc(C3CCCN3)s2)CC1. The predicted molar refractivity (Wildman–Crippen MR) is 91.2 cm³/mol. The summed E-state index contributed by atoms with van der Waals surface area (Å²) < 4.78 is 25.2. The molecule has 2 saturated heterocycles. The molecular formula is C15H23N3O3S2. The molecule has 1 N–H and O–H groups in total. The van der Waals surface area contributed by atoms with Gasteiger partial charge in [0.1, 0.15) is 0 Å². The second-order valence-corrected chi connectivity index (χ2v) is 9.32. The quantitative estimate of drug-likeness (QED) is 0.881. The monoisotopic (exact) mass is 357 g/mol. The minimum Gasteiger partial charge on any atom is -0.335 e. The molecule has 0 aliphatic carbocycles. The zero-order chi connectivity index (χ0) is 16.4. The van der Waals surface area contributed by atoms with E-state index in [1.165, 1.54) is 15.6 Å². The van der Waals surface area contributed by atoms with Crippen molar-refractivity contribution in [3.63, 3.8) is 0 Å². The number of rotatable bonds is 4. The van der Waals surface area contributed by atoms with E-state index < -0.39 is 10.0 Å². The van der Waals surface area contributed by atoms with Gasteiger partial charge in [-0.05, 0) is 38.4 Å². The van der Waals surface area contributed by atoms with Gasteiger partial charge in [0, 0.05) is 37.1 Å². The molecule has 6 nitrogen and oxygen atoms in total. The first-order chi connectivity index (χ1) is 11.0. The van der Waals surface area contributed by atoms with Crippen LogP contribution in [-0.2, 0) is 10.0 Å². The van der Waals surface area contributed by atoms with E-state index in [9.17, 15) is 13.2 Å². The summed E-state index contributed by atoms with van der Waals surface area (Å²) in [5.74, 6) is 0.136. The number of carbonyl (C=O) groups is 1. The maximum absolute atomic E-state index is 12.6. The molecule has 3 rings (SSSR count). The van der Waals surface area contributed by atoms with E-state index in [1.54, 1.807) is 23.2 Å². The smallest absolute Gasteiger partial charge is 0.264 e. The Balaban J connectivity index is 1.61. The highest BCUT2D eigenvalue weighted by Gasteiger charge is 2.29. The van der Waals surface area contributed by atoms with Crippen molar-refractivity contribution in [1.29, 1.82) is 0 Å². The Bertz CT molecular complexity index is 657. The van der Waals surface area contributed by atoms with E-state index in [-0.39, 0.29) is 11.7 Å². The Morgan fingerprint density at radius 1 is 1.30 bits per heavy atom. The normalized spacial score (nSPS) is 23.3. The van der Waals surface area contributed by atoms with E-state index in [0.29, 0.717) is 32.2 Å². The lowest BCUT2D eigenvalue weighted by Crippen LogP contribution is -2.50. The Hall–Kier alpha value is -0.960.